The molecule has 1 saturated carbocycles. The summed E-state index contributed by atoms with van der Waals surface area (Å²) < 4.78 is 34.4. The van der Waals surface area contributed by atoms with Gasteiger partial charge in [0.1, 0.15) is 17.0 Å². The third-order valence-electron chi connectivity index (χ3n) is 7.51. The summed E-state index contributed by atoms with van der Waals surface area (Å²) in [6.45, 7) is 3.29. The minimum Gasteiger partial charge on any atom is -0.497 e. The van der Waals surface area contributed by atoms with Crippen molar-refractivity contribution in [2.24, 2.45) is 0 Å². The number of fused-ring (bicyclic) bond motifs is 1. The molecule has 0 radical (unpaired) electrons. The first kappa shape index (κ1) is 25.7. The third-order valence-corrected chi connectivity index (χ3v) is 7.51. The molecule has 1 aliphatic carbocycles. The normalized spacial score (nSPS) is 17.4. The van der Waals surface area contributed by atoms with Gasteiger partial charge in [-0.25, -0.2) is 9.18 Å². The number of ether oxygens (including phenoxy) is 2. The molecule has 1 N–H and O–H groups in total. The number of aromatic carboxylic acids is 1. The van der Waals surface area contributed by atoms with Crippen LogP contribution in [0.5, 0.6) is 11.5 Å². The average Bonchev–Trinajstić information content (AvgIpc) is 3.68. The van der Waals surface area contributed by atoms with Crippen LogP contribution in [0.1, 0.15) is 36.2 Å². The van der Waals surface area contributed by atoms with Gasteiger partial charge < -0.3 is 33.4 Å². The summed E-state index contributed by atoms with van der Waals surface area (Å²) in [6.07, 6.45) is 3.03. The maximum Gasteiger partial charge on any atom is 0.341 e. The predicted molar refractivity (Wildman–Crippen MR) is 145 cm³/mol. The van der Waals surface area contributed by atoms with Gasteiger partial charge in [0.05, 0.1) is 25.1 Å². The van der Waals surface area contributed by atoms with Crippen LogP contribution in [0.3, 0.4) is 0 Å². The number of methoxy groups -OCH3 is 2. The van der Waals surface area contributed by atoms with Crippen molar-refractivity contribution in [1.82, 2.24) is 14.8 Å². The van der Waals surface area contributed by atoms with E-state index >= 15 is 4.39 Å². The number of carboxylic acid groups (broad SMARTS) is 1. The summed E-state index contributed by atoms with van der Waals surface area (Å²) in [4.78, 5) is 28.6. The number of aromatic nitrogens is 3. The van der Waals surface area contributed by atoms with Crippen LogP contribution in [-0.4, -0.2) is 65.7 Å². The van der Waals surface area contributed by atoms with Crippen LogP contribution in [0.4, 0.5) is 16.1 Å². The maximum absolute atomic E-state index is 15.7. The molecule has 11 nitrogen and oxygen atoms in total. The second kappa shape index (κ2) is 9.85. The van der Waals surface area contributed by atoms with Gasteiger partial charge in [-0.05, 0) is 50.1 Å². The van der Waals surface area contributed by atoms with Gasteiger partial charge >= 0.3 is 12.0 Å². The van der Waals surface area contributed by atoms with E-state index < -0.39 is 17.2 Å². The number of hydrogen-bond acceptors (Lipinski definition) is 9. The molecular formula is C28H28FN5O6. The summed E-state index contributed by atoms with van der Waals surface area (Å²) in [5, 5.41) is 18.0. The van der Waals surface area contributed by atoms with Crippen molar-refractivity contribution in [2.45, 2.75) is 31.8 Å². The summed E-state index contributed by atoms with van der Waals surface area (Å²) in [5.74, 6) is -0.664. The summed E-state index contributed by atoms with van der Waals surface area (Å²) >= 11 is 0. The Kier molecular flexibility index (Phi) is 6.32. The zero-order valence-electron chi connectivity index (χ0n) is 22.3. The summed E-state index contributed by atoms with van der Waals surface area (Å²) in [7, 11) is 3.03. The van der Waals surface area contributed by atoms with E-state index in [0.717, 1.165) is 30.2 Å². The average molecular weight is 550 g/mol. The van der Waals surface area contributed by atoms with Crippen molar-refractivity contribution in [3.05, 3.63) is 58.1 Å². The van der Waals surface area contributed by atoms with E-state index in [4.69, 9.17) is 13.9 Å². The Bertz CT molecular complexity index is 1660. The molecule has 2 aromatic heterocycles. The van der Waals surface area contributed by atoms with E-state index in [9.17, 15) is 14.7 Å². The first-order valence-corrected chi connectivity index (χ1v) is 13.0. The Morgan fingerprint density at radius 1 is 1.12 bits per heavy atom. The molecular weight excluding hydrogens is 521 g/mol. The highest BCUT2D eigenvalue weighted by Gasteiger charge is 2.34. The largest absolute Gasteiger partial charge is 0.497 e. The second-order valence-corrected chi connectivity index (χ2v) is 10.1. The molecule has 6 rings (SSSR count). The number of piperazine rings is 1. The van der Waals surface area contributed by atoms with Gasteiger partial charge in [0.15, 0.2) is 11.6 Å². The molecule has 12 heteroatoms. The third kappa shape index (κ3) is 4.29. The molecule has 1 saturated heterocycles. The molecule has 40 heavy (non-hydrogen) atoms. The molecule has 1 aliphatic heterocycles. The lowest BCUT2D eigenvalue weighted by molar-refractivity contribution is 0.0694. The number of benzene rings is 2. The lowest BCUT2D eigenvalue weighted by atomic mass is 10.1. The fourth-order valence-corrected chi connectivity index (χ4v) is 5.35. The van der Waals surface area contributed by atoms with Gasteiger partial charge in [-0.1, -0.05) is 5.10 Å². The number of anilines is 2. The summed E-state index contributed by atoms with van der Waals surface area (Å²) in [5.41, 5.74) is 0.298. The Labute approximate surface area is 228 Å². The topological polar surface area (TPSA) is 123 Å². The Morgan fingerprint density at radius 2 is 1.88 bits per heavy atom. The SMILES string of the molecule is COc1ccc(-c2nnc(N3CCN(c4c(F)cc5c(=O)c(C(=O)O)cn(C6CC6)c5c4OC)CC3C)o2)cc1. The molecule has 2 aliphatic rings. The van der Waals surface area contributed by atoms with E-state index in [1.54, 1.807) is 11.7 Å². The number of halogens is 1. The first-order valence-electron chi connectivity index (χ1n) is 13.0. The Hall–Kier alpha value is -4.61. The molecule has 2 fully saturated rings. The van der Waals surface area contributed by atoms with E-state index in [0.29, 0.717) is 37.1 Å². The molecule has 1 unspecified atom stereocenters. The fourth-order valence-electron chi connectivity index (χ4n) is 5.35. The van der Waals surface area contributed by atoms with E-state index in [1.165, 1.54) is 13.3 Å². The van der Waals surface area contributed by atoms with Crippen molar-refractivity contribution in [1.29, 1.82) is 0 Å². The molecule has 2 aromatic carbocycles. The van der Waals surface area contributed by atoms with Crippen LogP contribution < -0.4 is 24.7 Å². The molecule has 0 spiro atoms. The lowest BCUT2D eigenvalue weighted by Gasteiger charge is -2.40. The monoisotopic (exact) mass is 549 g/mol. The van der Waals surface area contributed by atoms with Gasteiger partial charge in [0.25, 0.3) is 0 Å². The van der Waals surface area contributed by atoms with Crippen LogP contribution in [0, 0.1) is 5.82 Å². The van der Waals surface area contributed by atoms with Crippen molar-refractivity contribution >= 4 is 28.6 Å². The Morgan fingerprint density at radius 3 is 2.50 bits per heavy atom. The maximum atomic E-state index is 15.7. The van der Waals surface area contributed by atoms with Crippen LogP contribution in [-0.2, 0) is 0 Å². The molecule has 0 amide bonds. The molecule has 3 heterocycles. The molecule has 0 bridgehead atoms. The van der Waals surface area contributed by atoms with Gasteiger partial charge in [-0.3, -0.25) is 4.79 Å². The summed E-state index contributed by atoms with van der Waals surface area (Å²) in [6, 6.07) is 8.72. The van der Waals surface area contributed by atoms with Gasteiger partial charge in [0, 0.05) is 43.5 Å². The van der Waals surface area contributed by atoms with Crippen LogP contribution in [0.25, 0.3) is 22.4 Å². The van der Waals surface area contributed by atoms with Crippen LogP contribution >= 0.6 is 0 Å². The number of pyridine rings is 1. The highest BCUT2D eigenvalue weighted by atomic mass is 19.1. The zero-order valence-corrected chi connectivity index (χ0v) is 22.3. The minimum absolute atomic E-state index is 0.00601. The second-order valence-electron chi connectivity index (χ2n) is 10.1. The van der Waals surface area contributed by atoms with Gasteiger partial charge in [-0.2, -0.15) is 0 Å². The first-order chi connectivity index (χ1) is 19.3. The Balaban J connectivity index is 1.32. The van der Waals surface area contributed by atoms with Gasteiger partial charge in [-0.15, -0.1) is 5.10 Å². The van der Waals surface area contributed by atoms with Crippen molar-refractivity contribution in [3.8, 4) is 23.0 Å². The lowest BCUT2D eigenvalue weighted by Crippen LogP contribution is -2.52. The quantitative estimate of drug-likeness (QED) is 0.362. The highest BCUT2D eigenvalue weighted by Crippen LogP contribution is 2.44. The number of hydrogen-bond donors (Lipinski definition) is 1. The predicted octanol–water partition coefficient (Wildman–Crippen LogP) is 3.96. The fraction of sp³-hybridized carbons (Fsp3) is 0.357. The number of carboxylic acids is 1. The zero-order chi connectivity index (χ0) is 28.1. The van der Waals surface area contributed by atoms with Crippen LogP contribution in [0.2, 0.25) is 0 Å². The van der Waals surface area contributed by atoms with E-state index in [2.05, 4.69) is 10.2 Å². The smallest absolute Gasteiger partial charge is 0.341 e. The minimum atomic E-state index is -1.34. The standard InChI is InChI=1S/C28H28FN5O6/c1-15-13-32(10-11-33(15)28-31-30-26(40-28)16-4-8-18(38-2)9-5-16)23-21(29)12-19-22(25(23)39-3)34(17-6-7-17)14-20(24(19)35)27(36)37/h4-5,8-9,12,14-15,17H,6-7,10-11,13H2,1-3H3,(H,36,37). The van der Waals surface area contributed by atoms with E-state index in [-0.39, 0.29) is 34.5 Å². The molecule has 4 aromatic rings. The number of nitrogens with zero attached hydrogens (tertiary/aromatic N) is 5. The van der Waals surface area contributed by atoms with Crippen molar-refractivity contribution in [3.63, 3.8) is 0 Å². The number of rotatable bonds is 7. The van der Waals surface area contributed by atoms with Crippen molar-refractivity contribution in [2.75, 3.05) is 43.7 Å². The molecule has 1 atom stereocenters. The number of carbonyl (C=O) groups is 1. The molecule has 208 valence electrons. The van der Waals surface area contributed by atoms with E-state index in [1.807, 2.05) is 41.0 Å². The van der Waals surface area contributed by atoms with Crippen molar-refractivity contribution < 1.29 is 28.2 Å². The highest BCUT2D eigenvalue weighted by molar-refractivity contribution is 5.97. The van der Waals surface area contributed by atoms with Gasteiger partial charge in [0.2, 0.25) is 11.3 Å². The van der Waals surface area contributed by atoms with Crippen LogP contribution in [0.15, 0.2) is 45.7 Å².